The average Bonchev–Trinajstić information content (AvgIpc) is 1.84. The first-order valence-electron chi connectivity index (χ1n) is 4.24. The van der Waals surface area contributed by atoms with E-state index in [9.17, 15) is 9.59 Å². The van der Waals surface area contributed by atoms with Crippen molar-refractivity contribution in [1.82, 2.24) is 0 Å². The number of hydrogen-bond donors (Lipinski definition) is 1. The van der Waals surface area contributed by atoms with E-state index in [0.29, 0.717) is 12.0 Å². The van der Waals surface area contributed by atoms with Crippen molar-refractivity contribution in [1.29, 1.82) is 0 Å². The molecule has 0 unspecified atom stereocenters. The summed E-state index contributed by atoms with van der Waals surface area (Å²) in [4.78, 5) is 20.5. The van der Waals surface area contributed by atoms with E-state index < -0.39 is 8.32 Å². The van der Waals surface area contributed by atoms with Crippen LogP contribution in [0.15, 0.2) is 12.2 Å². The highest BCUT2D eigenvalue weighted by molar-refractivity contribution is 6.69. The van der Waals surface area contributed by atoms with E-state index in [1.165, 1.54) is 0 Å². The smallest absolute Gasteiger partial charge is 0.182 e. The maximum atomic E-state index is 11.1. The summed E-state index contributed by atoms with van der Waals surface area (Å²) >= 11 is 0. The van der Waals surface area contributed by atoms with Crippen LogP contribution in [0.1, 0.15) is 19.8 Å². The standard InChI is InChI=1S/C9H18O2Si/c1-8(2)9(10)6-5-7-12(3,4)11/h11H,1,5-7H2,2-4H3. The van der Waals surface area contributed by atoms with Crippen LogP contribution in [0, 0.1) is 0 Å². The minimum atomic E-state index is -1.94. The molecule has 0 saturated carbocycles. The summed E-state index contributed by atoms with van der Waals surface area (Å²) in [7, 11) is -1.94. The third-order valence-electron chi connectivity index (χ3n) is 1.67. The molecule has 12 heavy (non-hydrogen) atoms. The largest absolute Gasteiger partial charge is 0.432 e. The third kappa shape index (κ3) is 6.31. The lowest BCUT2D eigenvalue weighted by Crippen LogP contribution is -2.24. The monoisotopic (exact) mass is 186 g/mol. The van der Waals surface area contributed by atoms with Gasteiger partial charge in [0.2, 0.25) is 0 Å². The fourth-order valence-corrected chi connectivity index (χ4v) is 1.94. The highest BCUT2D eigenvalue weighted by Gasteiger charge is 2.16. The molecule has 0 amide bonds. The number of ketones is 1. The Kier molecular flexibility index (Phi) is 4.42. The van der Waals surface area contributed by atoms with E-state index in [0.717, 1.165) is 12.5 Å². The van der Waals surface area contributed by atoms with Crippen molar-refractivity contribution in [3.8, 4) is 0 Å². The number of carbonyl (C=O) groups excluding carboxylic acids is 1. The van der Waals surface area contributed by atoms with E-state index in [1.807, 2.05) is 13.1 Å². The molecule has 0 radical (unpaired) electrons. The normalized spacial score (nSPS) is 11.3. The molecule has 0 saturated heterocycles. The number of allylic oxidation sites excluding steroid dienone is 1. The number of hydrogen-bond acceptors (Lipinski definition) is 2. The first kappa shape index (κ1) is 11.6. The van der Waals surface area contributed by atoms with E-state index in [-0.39, 0.29) is 5.78 Å². The summed E-state index contributed by atoms with van der Waals surface area (Å²) in [6, 6.07) is 0.798. The first-order valence-corrected chi connectivity index (χ1v) is 7.39. The van der Waals surface area contributed by atoms with E-state index in [4.69, 9.17) is 0 Å². The molecule has 0 aliphatic rings. The summed E-state index contributed by atoms with van der Waals surface area (Å²) in [6.07, 6.45) is 1.33. The van der Waals surface area contributed by atoms with Gasteiger partial charge in [0, 0.05) is 6.42 Å². The highest BCUT2D eigenvalue weighted by atomic mass is 28.4. The zero-order chi connectivity index (χ0) is 9.78. The van der Waals surface area contributed by atoms with Crippen LogP contribution in [0.2, 0.25) is 19.1 Å². The fraction of sp³-hybridized carbons (Fsp3) is 0.667. The SMILES string of the molecule is C=C(C)C(=O)CCC[Si](C)(C)O. The van der Waals surface area contributed by atoms with Gasteiger partial charge in [-0.3, -0.25) is 4.79 Å². The predicted octanol–water partition coefficient (Wildman–Crippen LogP) is 2.11. The molecular weight excluding hydrogens is 168 g/mol. The molecule has 2 nitrogen and oxygen atoms in total. The Hall–Kier alpha value is -0.413. The van der Waals surface area contributed by atoms with Crippen molar-refractivity contribution < 1.29 is 9.59 Å². The van der Waals surface area contributed by atoms with Gasteiger partial charge in [-0.1, -0.05) is 6.58 Å². The van der Waals surface area contributed by atoms with Crippen LogP contribution in [0.4, 0.5) is 0 Å². The van der Waals surface area contributed by atoms with Crippen molar-refractivity contribution in [2.45, 2.75) is 38.9 Å². The van der Waals surface area contributed by atoms with Crippen molar-refractivity contribution >= 4 is 14.1 Å². The van der Waals surface area contributed by atoms with Gasteiger partial charge < -0.3 is 4.80 Å². The van der Waals surface area contributed by atoms with E-state index in [1.54, 1.807) is 6.92 Å². The van der Waals surface area contributed by atoms with Crippen molar-refractivity contribution in [2.24, 2.45) is 0 Å². The Morgan fingerprint density at radius 2 is 2.00 bits per heavy atom. The topological polar surface area (TPSA) is 37.3 Å². The molecule has 1 N–H and O–H groups in total. The summed E-state index contributed by atoms with van der Waals surface area (Å²) in [5.41, 5.74) is 0.618. The Labute approximate surface area is 75.4 Å². The van der Waals surface area contributed by atoms with Crippen LogP contribution in [0.5, 0.6) is 0 Å². The Bertz CT molecular complexity index is 179. The molecule has 0 aromatic heterocycles. The molecule has 0 aliphatic carbocycles. The number of carbonyl (C=O) groups is 1. The van der Waals surface area contributed by atoms with Gasteiger partial charge in [0.15, 0.2) is 14.1 Å². The summed E-state index contributed by atoms with van der Waals surface area (Å²) in [6.45, 7) is 9.07. The molecule has 0 rings (SSSR count). The Balaban J connectivity index is 3.58. The average molecular weight is 186 g/mol. The zero-order valence-electron chi connectivity index (χ0n) is 8.18. The van der Waals surface area contributed by atoms with Crippen LogP contribution in [0.3, 0.4) is 0 Å². The predicted molar refractivity (Wildman–Crippen MR) is 53.6 cm³/mol. The zero-order valence-corrected chi connectivity index (χ0v) is 9.18. The van der Waals surface area contributed by atoms with Crippen molar-refractivity contribution in [2.75, 3.05) is 0 Å². The fourth-order valence-electron chi connectivity index (χ4n) is 0.895. The molecular formula is C9H18O2Si. The number of Topliss-reactive ketones (excluding diaryl/α,β-unsaturated/α-hetero) is 1. The molecule has 0 aliphatic heterocycles. The van der Waals surface area contributed by atoms with Gasteiger partial charge in [-0.2, -0.15) is 0 Å². The quantitative estimate of drug-likeness (QED) is 0.527. The van der Waals surface area contributed by atoms with Crippen LogP contribution >= 0.6 is 0 Å². The lowest BCUT2D eigenvalue weighted by molar-refractivity contribution is -0.115. The summed E-state index contributed by atoms with van der Waals surface area (Å²) in [5, 5.41) is 0. The van der Waals surface area contributed by atoms with E-state index >= 15 is 0 Å². The summed E-state index contributed by atoms with van der Waals surface area (Å²) in [5.74, 6) is 0.119. The second-order valence-electron chi connectivity index (χ2n) is 3.87. The van der Waals surface area contributed by atoms with Crippen LogP contribution in [0.25, 0.3) is 0 Å². The minimum absolute atomic E-state index is 0.119. The van der Waals surface area contributed by atoms with Gasteiger partial charge in [-0.15, -0.1) is 0 Å². The highest BCUT2D eigenvalue weighted by Crippen LogP contribution is 2.11. The van der Waals surface area contributed by atoms with Gasteiger partial charge >= 0.3 is 0 Å². The Morgan fingerprint density at radius 1 is 1.50 bits per heavy atom. The van der Waals surface area contributed by atoms with Gasteiger partial charge in [0.25, 0.3) is 0 Å². The molecule has 0 aromatic carbocycles. The third-order valence-corrected chi connectivity index (χ3v) is 3.25. The van der Waals surface area contributed by atoms with Gasteiger partial charge in [0.05, 0.1) is 0 Å². The molecule has 0 heterocycles. The van der Waals surface area contributed by atoms with Crippen LogP contribution < -0.4 is 0 Å². The lowest BCUT2D eigenvalue weighted by atomic mass is 10.1. The van der Waals surface area contributed by atoms with Crippen LogP contribution in [-0.2, 0) is 4.79 Å². The minimum Gasteiger partial charge on any atom is -0.432 e. The van der Waals surface area contributed by atoms with Gasteiger partial charge in [-0.05, 0) is 38.1 Å². The maximum absolute atomic E-state index is 11.1. The number of rotatable bonds is 5. The molecule has 70 valence electrons. The molecule has 0 spiro atoms. The molecule has 0 bridgehead atoms. The Morgan fingerprint density at radius 3 is 2.33 bits per heavy atom. The van der Waals surface area contributed by atoms with E-state index in [2.05, 4.69) is 6.58 Å². The van der Waals surface area contributed by atoms with Crippen molar-refractivity contribution in [3.05, 3.63) is 12.2 Å². The van der Waals surface area contributed by atoms with Crippen LogP contribution in [-0.4, -0.2) is 18.9 Å². The molecule has 3 heteroatoms. The molecule has 0 fully saturated rings. The lowest BCUT2D eigenvalue weighted by Gasteiger charge is -2.12. The second-order valence-corrected chi connectivity index (χ2v) is 7.99. The second kappa shape index (κ2) is 4.57. The van der Waals surface area contributed by atoms with Crippen molar-refractivity contribution in [3.63, 3.8) is 0 Å². The first-order chi connectivity index (χ1) is 5.33. The summed E-state index contributed by atoms with van der Waals surface area (Å²) < 4.78 is 0. The van der Waals surface area contributed by atoms with Gasteiger partial charge in [0.1, 0.15) is 0 Å². The van der Waals surface area contributed by atoms with Gasteiger partial charge in [-0.25, -0.2) is 0 Å². The molecule has 0 aromatic rings. The molecule has 0 atom stereocenters. The maximum Gasteiger partial charge on any atom is 0.182 e.